The summed E-state index contributed by atoms with van der Waals surface area (Å²) in [6, 6.07) is 8.14. The molecule has 1 heterocycles. The van der Waals surface area contributed by atoms with Gasteiger partial charge in [-0.1, -0.05) is 23.5 Å². The number of hydrogen-bond donors (Lipinski definition) is 0. The molecule has 0 aliphatic rings. The van der Waals surface area contributed by atoms with Crippen LogP contribution < -0.4 is 4.74 Å². The van der Waals surface area contributed by atoms with E-state index in [1.165, 1.54) is 12.1 Å². The first-order valence-electron chi connectivity index (χ1n) is 4.70. The number of aromatic nitrogens is 1. The minimum Gasteiger partial charge on any atom is -0.429 e. The van der Waals surface area contributed by atoms with Crippen LogP contribution in [0.4, 0.5) is 13.2 Å². The number of nitrogens with zero attached hydrogens (tertiary/aromatic N) is 2. The van der Waals surface area contributed by atoms with Gasteiger partial charge in [0.2, 0.25) is 0 Å². The number of thiazole rings is 1. The van der Waals surface area contributed by atoms with Gasteiger partial charge in [0.25, 0.3) is 5.19 Å². The van der Waals surface area contributed by atoms with Crippen molar-refractivity contribution >= 4 is 11.3 Å². The Balaban J connectivity index is 2.25. The zero-order chi connectivity index (χ0) is 13.2. The van der Waals surface area contributed by atoms with E-state index in [9.17, 15) is 13.2 Å². The van der Waals surface area contributed by atoms with Crippen molar-refractivity contribution in [2.45, 2.75) is 6.18 Å². The Labute approximate surface area is 104 Å². The molecular formula is C11H5F3N2OS. The Morgan fingerprint density at radius 1 is 1.28 bits per heavy atom. The Morgan fingerprint density at radius 2 is 2.00 bits per heavy atom. The minimum absolute atomic E-state index is 0.148. The summed E-state index contributed by atoms with van der Waals surface area (Å²) in [5, 5.41) is 9.52. The van der Waals surface area contributed by atoms with Gasteiger partial charge in [0.1, 0.15) is 11.8 Å². The number of rotatable bonds is 2. The molecule has 0 spiro atoms. The highest BCUT2D eigenvalue weighted by atomic mass is 32.1. The van der Waals surface area contributed by atoms with Gasteiger partial charge in [-0.25, -0.2) is 0 Å². The van der Waals surface area contributed by atoms with E-state index in [0.29, 0.717) is 0 Å². The van der Waals surface area contributed by atoms with Crippen molar-refractivity contribution in [2.75, 3.05) is 0 Å². The van der Waals surface area contributed by atoms with Crippen LogP contribution in [0.2, 0.25) is 0 Å². The molecule has 1 aromatic carbocycles. The van der Waals surface area contributed by atoms with Crippen LogP contribution in [0.1, 0.15) is 11.3 Å². The van der Waals surface area contributed by atoms with Crippen LogP contribution in [-0.2, 0) is 6.18 Å². The third-order valence-electron chi connectivity index (χ3n) is 1.98. The molecule has 7 heteroatoms. The van der Waals surface area contributed by atoms with Crippen molar-refractivity contribution < 1.29 is 17.9 Å². The monoisotopic (exact) mass is 270 g/mol. The van der Waals surface area contributed by atoms with E-state index < -0.39 is 11.9 Å². The third kappa shape index (κ3) is 2.60. The Kier molecular flexibility index (Phi) is 3.21. The van der Waals surface area contributed by atoms with Crippen LogP contribution >= 0.6 is 11.3 Å². The largest absolute Gasteiger partial charge is 0.434 e. The van der Waals surface area contributed by atoms with Crippen LogP contribution in [0.15, 0.2) is 29.6 Å². The number of benzene rings is 1. The third-order valence-corrected chi connectivity index (χ3v) is 2.70. The summed E-state index contributed by atoms with van der Waals surface area (Å²) in [6.07, 6.45) is -4.49. The van der Waals surface area contributed by atoms with Gasteiger partial charge in [-0.2, -0.15) is 23.4 Å². The van der Waals surface area contributed by atoms with Crippen LogP contribution in [0, 0.1) is 11.3 Å². The maximum absolute atomic E-state index is 12.3. The van der Waals surface area contributed by atoms with Crippen molar-refractivity contribution in [2.24, 2.45) is 0 Å². The maximum Gasteiger partial charge on any atom is 0.434 e. The average molecular weight is 270 g/mol. The standard InChI is InChI=1S/C11H5F3N2OS/c12-11(13,14)9-6-18-10(16-9)17-8-4-2-1-3-7(8)5-15/h1-4,6H. The molecule has 0 amide bonds. The lowest BCUT2D eigenvalue weighted by molar-refractivity contribution is -0.140. The van der Waals surface area contributed by atoms with Gasteiger partial charge in [0.15, 0.2) is 5.69 Å². The second-order valence-electron chi connectivity index (χ2n) is 3.21. The summed E-state index contributed by atoms with van der Waals surface area (Å²) >= 11 is 0.728. The van der Waals surface area contributed by atoms with Gasteiger partial charge < -0.3 is 4.74 Å². The van der Waals surface area contributed by atoms with Gasteiger partial charge in [0, 0.05) is 5.38 Å². The summed E-state index contributed by atoms with van der Waals surface area (Å²) in [5.74, 6) is 0.183. The molecule has 0 saturated heterocycles. The Hall–Kier alpha value is -2.07. The van der Waals surface area contributed by atoms with Gasteiger partial charge in [-0.15, -0.1) is 0 Å². The van der Waals surface area contributed by atoms with Crippen LogP contribution in [0.5, 0.6) is 10.9 Å². The zero-order valence-corrected chi connectivity index (χ0v) is 9.55. The van der Waals surface area contributed by atoms with Gasteiger partial charge in [0.05, 0.1) is 5.56 Å². The molecule has 2 rings (SSSR count). The molecular weight excluding hydrogens is 265 g/mol. The van der Waals surface area contributed by atoms with Gasteiger partial charge >= 0.3 is 6.18 Å². The summed E-state index contributed by atoms with van der Waals surface area (Å²) < 4.78 is 42.1. The lowest BCUT2D eigenvalue weighted by Crippen LogP contribution is -2.04. The number of ether oxygens (including phenoxy) is 1. The fourth-order valence-corrected chi connectivity index (χ4v) is 1.86. The van der Waals surface area contributed by atoms with E-state index in [4.69, 9.17) is 10.00 Å². The van der Waals surface area contributed by atoms with Crippen molar-refractivity contribution in [1.29, 1.82) is 5.26 Å². The summed E-state index contributed by atoms with van der Waals surface area (Å²) in [7, 11) is 0. The summed E-state index contributed by atoms with van der Waals surface area (Å²) in [4.78, 5) is 3.31. The van der Waals surface area contributed by atoms with Gasteiger partial charge in [-0.3, -0.25) is 0 Å². The highest BCUT2D eigenvalue weighted by Crippen LogP contribution is 2.34. The van der Waals surface area contributed by atoms with Crippen LogP contribution in [-0.4, -0.2) is 4.98 Å². The molecule has 0 aliphatic carbocycles. The minimum atomic E-state index is -4.49. The molecule has 1 aromatic heterocycles. The van der Waals surface area contributed by atoms with E-state index >= 15 is 0 Å². The molecule has 0 bridgehead atoms. The fraction of sp³-hybridized carbons (Fsp3) is 0.0909. The normalized spacial score (nSPS) is 11.0. The molecule has 18 heavy (non-hydrogen) atoms. The highest BCUT2D eigenvalue weighted by molar-refractivity contribution is 7.11. The first-order valence-corrected chi connectivity index (χ1v) is 5.58. The second-order valence-corrected chi connectivity index (χ2v) is 4.03. The number of alkyl halides is 3. The van der Waals surface area contributed by atoms with E-state index in [-0.39, 0.29) is 16.5 Å². The molecule has 0 aliphatic heterocycles. The van der Waals surface area contributed by atoms with Gasteiger partial charge in [-0.05, 0) is 12.1 Å². The highest BCUT2D eigenvalue weighted by Gasteiger charge is 2.34. The SMILES string of the molecule is N#Cc1ccccc1Oc1nc(C(F)(F)F)cs1. The smallest absolute Gasteiger partial charge is 0.429 e. The predicted octanol–water partition coefficient (Wildman–Crippen LogP) is 3.83. The first-order chi connectivity index (χ1) is 8.50. The molecule has 3 nitrogen and oxygen atoms in total. The quantitative estimate of drug-likeness (QED) is 0.833. The number of hydrogen-bond acceptors (Lipinski definition) is 4. The summed E-state index contributed by atoms with van der Waals surface area (Å²) in [5.41, 5.74) is -0.766. The van der Waals surface area contributed by atoms with Crippen molar-refractivity contribution in [3.8, 4) is 17.0 Å². The maximum atomic E-state index is 12.3. The zero-order valence-electron chi connectivity index (χ0n) is 8.73. The molecule has 0 fully saturated rings. The summed E-state index contributed by atoms with van der Waals surface area (Å²) in [6.45, 7) is 0. The van der Waals surface area contributed by atoms with Crippen molar-refractivity contribution in [3.05, 3.63) is 40.9 Å². The second kappa shape index (κ2) is 4.66. The Bertz CT molecular complexity index is 601. The molecule has 0 unspecified atom stereocenters. The Morgan fingerprint density at radius 3 is 2.61 bits per heavy atom. The number of nitriles is 1. The predicted molar refractivity (Wildman–Crippen MR) is 58.3 cm³/mol. The molecule has 2 aromatic rings. The van der Waals surface area contributed by atoms with E-state index in [0.717, 1.165) is 16.7 Å². The molecule has 0 saturated carbocycles. The lowest BCUT2D eigenvalue weighted by atomic mass is 10.2. The fourth-order valence-electron chi connectivity index (χ4n) is 1.18. The lowest BCUT2D eigenvalue weighted by Gasteiger charge is -2.03. The molecule has 0 atom stereocenters. The van der Waals surface area contributed by atoms with Crippen LogP contribution in [0.25, 0.3) is 0 Å². The number of para-hydroxylation sites is 1. The topological polar surface area (TPSA) is 45.9 Å². The number of halogens is 3. The van der Waals surface area contributed by atoms with Crippen molar-refractivity contribution in [3.63, 3.8) is 0 Å². The molecule has 92 valence electrons. The van der Waals surface area contributed by atoms with Crippen LogP contribution in [0.3, 0.4) is 0 Å². The molecule has 0 radical (unpaired) electrons. The van der Waals surface area contributed by atoms with Crippen molar-refractivity contribution in [1.82, 2.24) is 4.98 Å². The van der Waals surface area contributed by atoms with E-state index in [2.05, 4.69) is 4.98 Å². The molecule has 0 N–H and O–H groups in total. The van der Waals surface area contributed by atoms with E-state index in [1.807, 2.05) is 6.07 Å². The van der Waals surface area contributed by atoms with E-state index in [1.54, 1.807) is 12.1 Å². The average Bonchev–Trinajstić information content (AvgIpc) is 2.78. The first kappa shape index (κ1) is 12.4.